The topological polar surface area (TPSA) is 59.9 Å². The molecule has 6 heteroatoms. The first-order valence-corrected chi connectivity index (χ1v) is 6.83. The molecule has 0 aliphatic rings. The molecule has 0 aliphatic heterocycles. The molecular weight excluding hydrogens is 276 g/mol. The first-order chi connectivity index (χ1) is 9.58. The van der Waals surface area contributed by atoms with Crippen molar-refractivity contribution < 1.29 is 4.74 Å². The zero-order valence-corrected chi connectivity index (χ0v) is 12.5. The molecule has 0 amide bonds. The van der Waals surface area contributed by atoms with Crippen LogP contribution in [0, 0.1) is 6.92 Å². The summed E-state index contributed by atoms with van der Waals surface area (Å²) in [6.07, 6.45) is 0. The van der Waals surface area contributed by atoms with Crippen LogP contribution in [0.5, 0.6) is 6.01 Å². The van der Waals surface area contributed by atoms with Crippen molar-refractivity contribution in [3.8, 4) is 6.01 Å². The van der Waals surface area contributed by atoms with Gasteiger partial charge in [-0.3, -0.25) is 0 Å². The van der Waals surface area contributed by atoms with Crippen molar-refractivity contribution >= 4 is 17.5 Å². The number of rotatable bonds is 5. The molecule has 2 aromatic rings. The van der Waals surface area contributed by atoms with Gasteiger partial charge >= 0.3 is 6.01 Å². The standard InChI is InChI=1S/C14H17ClN4O/c1-4-20-14-18-12(15)17-13(19-14)16-10(3)11-7-5-9(2)6-8-11/h5-8,10H,4H2,1-3H3,(H,16,17,18,19). The lowest BCUT2D eigenvalue weighted by Crippen LogP contribution is -2.11. The maximum atomic E-state index is 5.85. The lowest BCUT2D eigenvalue weighted by Gasteiger charge is -2.14. The molecule has 0 saturated carbocycles. The predicted octanol–water partition coefficient (Wildman–Crippen LogP) is 3.41. The van der Waals surface area contributed by atoms with Crippen LogP contribution in [0.3, 0.4) is 0 Å². The molecular formula is C14H17ClN4O. The fraction of sp³-hybridized carbons (Fsp3) is 0.357. The van der Waals surface area contributed by atoms with E-state index in [1.165, 1.54) is 5.56 Å². The van der Waals surface area contributed by atoms with Gasteiger partial charge in [0, 0.05) is 0 Å². The molecule has 0 spiro atoms. The minimum absolute atomic E-state index is 0.0588. The quantitative estimate of drug-likeness (QED) is 0.915. The second-order valence-corrected chi connectivity index (χ2v) is 4.76. The van der Waals surface area contributed by atoms with E-state index in [0.29, 0.717) is 12.6 Å². The molecule has 106 valence electrons. The minimum atomic E-state index is 0.0588. The van der Waals surface area contributed by atoms with E-state index < -0.39 is 0 Å². The summed E-state index contributed by atoms with van der Waals surface area (Å²) in [5.41, 5.74) is 2.37. The Morgan fingerprint density at radius 3 is 2.55 bits per heavy atom. The molecule has 0 saturated heterocycles. The van der Waals surface area contributed by atoms with Gasteiger partial charge in [0.15, 0.2) is 0 Å². The van der Waals surface area contributed by atoms with Gasteiger partial charge in [-0.2, -0.15) is 15.0 Å². The number of nitrogens with zero attached hydrogens (tertiary/aromatic N) is 3. The molecule has 0 fully saturated rings. The van der Waals surface area contributed by atoms with E-state index in [1.54, 1.807) is 0 Å². The van der Waals surface area contributed by atoms with Gasteiger partial charge in [0.25, 0.3) is 0 Å². The maximum Gasteiger partial charge on any atom is 0.322 e. The van der Waals surface area contributed by atoms with Crippen molar-refractivity contribution in [3.63, 3.8) is 0 Å². The summed E-state index contributed by atoms with van der Waals surface area (Å²) < 4.78 is 5.24. The Balaban J connectivity index is 2.14. The van der Waals surface area contributed by atoms with E-state index in [9.17, 15) is 0 Å². The molecule has 1 N–H and O–H groups in total. The Hall–Kier alpha value is -1.88. The van der Waals surface area contributed by atoms with E-state index in [1.807, 2.05) is 13.8 Å². The number of benzene rings is 1. The summed E-state index contributed by atoms with van der Waals surface area (Å²) in [5, 5.41) is 3.30. The summed E-state index contributed by atoms with van der Waals surface area (Å²) in [4.78, 5) is 12.1. The number of nitrogens with one attached hydrogen (secondary N) is 1. The van der Waals surface area contributed by atoms with Crippen molar-refractivity contribution in [1.82, 2.24) is 15.0 Å². The second-order valence-electron chi connectivity index (χ2n) is 4.42. The van der Waals surface area contributed by atoms with E-state index >= 15 is 0 Å². The Kier molecular flexibility index (Phi) is 4.74. The van der Waals surface area contributed by atoms with Crippen molar-refractivity contribution in [2.45, 2.75) is 26.8 Å². The van der Waals surface area contributed by atoms with Gasteiger partial charge in [0.1, 0.15) is 0 Å². The van der Waals surface area contributed by atoms with Crippen molar-refractivity contribution in [3.05, 3.63) is 40.7 Å². The van der Waals surface area contributed by atoms with E-state index in [0.717, 1.165) is 5.56 Å². The van der Waals surface area contributed by atoms with E-state index in [-0.39, 0.29) is 17.3 Å². The molecule has 1 heterocycles. The molecule has 1 aromatic carbocycles. The number of hydrogen-bond acceptors (Lipinski definition) is 5. The zero-order valence-electron chi connectivity index (χ0n) is 11.7. The fourth-order valence-electron chi connectivity index (χ4n) is 1.72. The lowest BCUT2D eigenvalue weighted by atomic mass is 10.1. The lowest BCUT2D eigenvalue weighted by molar-refractivity contribution is 0.312. The summed E-state index contributed by atoms with van der Waals surface area (Å²) in [7, 11) is 0. The average molecular weight is 293 g/mol. The van der Waals surface area contributed by atoms with Crippen LogP contribution in [-0.2, 0) is 0 Å². The average Bonchev–Trinajstić information content (AvgIpc) is 2.39. The van der Waals surface area contributed by atoms with Crippen LogP contribution in [0.2, 0.25) is 5.28 Å². The number of hydrogen-bond donors (Lipinski definition) is 1. The first kappa shape index (κ1) is 14.5. The number of aromatic nitrogens is 3. The van der Waals surface area contributed by atoms with Crippen LogP contribution in [0.4, 0.5) is 5.95 Å². The van der Waals surface area contributed by atoms with Crippen LogP contribution in [0.1, 0.15) is 31.0 Å². The SMILES string of the molecule is CCOc1nc(Cl)nc(NC(C)c2ccc(C)cc2)n1. The highest BCUT2D eigenvalue weighted by atomic mass is 35.5. The third-order valence-electron chi connectivity index (χ3n) is 2.78. The molecule has 0 bridgehead atoms. The van der Waals surface area contributed by atoms with Gasteiger partial charge in [-0.05, 0) is 37.9 Å². The Labute approximate surface area is 123 Å². The number of aryl methyl sites for hydroxylation is 1. The van der Waals surface area contributed by atoms with Crippen LogP contribution in [-0.4, -0.2) is 21.6 Å². The third kappa shape index (κ3) is 3.81. The molecule has 2 rings (SSSR count). The molecule has 1 aromatic heterocycles. The van der Waals surface area contributed by atoms with Gasteiger partial charge in [-0.25, -0.2) is 0 Å². The first-order valence-electron chi connectivity index (χ1n) is 6.46. The number of anilines is 1. The molecule has 1 unspecified atom stereocenters. The highest BCUT2D eigenvalue weighted by molar-refractivity contribution is 6.28. The third-order valence-corrected chi connectivity index (χ3v) is 2.95. The van der Waals surface area contributed by atoms with Crippen LogP contribution < -0.4 is 10.1 Å². The molecule has 0 radical (unpaired) electrons. The minimum Gasteiger partial charge on any atom is -0.464 e. The predicted molar refractivity (Wildman–Crippen MR) is 79.2 cm³/mol. The van der Waals surface area contributed by atoms with Crippen LogP contribution in [0.15, 0.2) is 24.3 Å². The molecule has 5 nitrogen and oxygen atoms in total. The maximum absolute atomic E-state index is 5.85. The summed E-state index contributed by atoms with van der Waals surface area (Å²) >= 11 is 5.85. The summed E-state index contributed by atoms with van der Waals surface area (Å²) in [6.45, 7) is 6.43. The Morgan fingerprint density at radius 1 is 1.20 bits per heavy atom. The zero-order chi connectivity index (χ0) is 14.5. The monoisotopic (exact) mass is 292 g/mol. The number of halogens is 1. The largest absolute Gasteiger partial charge is 0.464 e. The van der Waals surface area contributed by atoms with Crippen LogP contribution >= 0.6 is 11.6 Å². The highest BCUT2D eigenvalue weighted by Crippen LogP contribution is 2.19. The van der Waals surface area contributed by atoms with Crippen molar-refractivity contribution in [1.29, 1.82) is 0 Å². The van der Waals surface area contributed by atoms with Gasteiger partial charge in [-0.15, -0.1) is 0 Å². The van der Waals surface area contributed by atoms with Gasteiger partial charge in [-0.1, -0.05) is 29.8 Å². The summed E-state index contributed by atoms with van der Waals surface area (Å²) in [6, 6.07) is 8.56. The normalized spacial score (nSPS) is 12.0. The van der Waals surface area contributed by atoms with E-state index in [2.05, 4.69) is 51.5 Å². The van der Waals surface area contributed by atoms with Gasteiger partial charge in [0.05, 0.1) is 12.6 Å². The second kappa shape index (κ2) is 6.52. The summed E-state index contributed by atoms with van der Waals surface area (Å²) in [5.74, 6) is 0.404. The van der Waals surface area contributed by atoms with Crippen LogP contribution in [0.25, 0.3) is 0 Å². The molecule has 0 aliphatic carbocycles. The fourth-order valence-corrected chi connectivity index (χ4v) is 1.87. The number of ether oxygens (including phenoxy) is 1. The van der Waals surface area contributed by atoms with Gasteiger partial charge < -0.3 is 10.1 Å². The Bertz CT molecular complexity index is 574. The highest BCUT2D eigenvalue weighted by Gasteiger charge is 2.10. The molecule has 20 heavy (non-hydrogen) atoms. The Morgan fingerprint density at radius 2 is 1.90 bits per heavy atom. The van der Waals surface area contributed by atoms with E-state index in [4.69, 9.17) is 16.3 Å². The van der Waals surface area contributed by atoms with Gasteiger partial charge in [0.2, 0.25) is 11.2 Å². The smallest absolute Gasteiger partial charge is 0.322 e. The van der Waals surface area contributed by atoms with Crippen molar-refractivity contribution in [2.75, 3.05) is 11.9 Å². The van der Waals surface area contributed by atoms with Crippen molar-refractivity contribution in [2.24, 2.45) is 0 Å². The molecule has 1 atom stereocenters.